The van der Waals surface area contributed by atoms with Crippen molar-refractivity contribution in [1.29, 1.82) is 0 Å². The molecule has 1 unspecified atom stereocenters. The van der Waals surface area contributed by atoms with Crippen molar-refractivity contribution < 1.29 is 14.6 Å². The summed E-state index contributed by atoms with van der Waals surface area (Å²) in [7, 11) is 0. The van der Waals surface area contributed by atoms with Gasteiger partial charge < -0.3 is 15.6 Å². The maximum atomic E-state index is 13.1. The number of likely N-dealkylation sites (tertiary alicyclic amines) is 1. The quantitative estimate of drug-likeness (QED) is 0.412. The molecular weight excluding hydrogens is 460 g/mol. The van der Waals surface area contributed by atoms with E-state index in [1.807, 2.05) is 60.7 Å². The smallest absolute Gasteiger partial charge is 0.232 e. The number of amides is 1. The molecule has 0 spiro atoms. The van der Waals surface area contributed by atoms with E-state index in [-0.39, 0.29) is 28.3 Å². The van der Waals surface area contributed by atoms with Gasteiger partial charge in [0.2, 0.25) is 5.91 Å². The standard InChI is InChI=1S/C29H33ClN2O3/c1-28(2,32-18-15-24(20-32)35-23-13-14-26(33)25(30)19-23)16-17-29(27(31)34,21-9-5-3-6-10-21)22-11-7-4-8-12-22/h3-14,19,24,33H,15-18,20H2,1-2H3,(H2,31,34). The number of carbonyl (C=O) groups is 1. The lowest BCUT2D eigenvalue weighted by molar-refractivity contribution is -0.122. The molecular formula is C29H33ClN2O3. The number of ether oxygens (including phenoxy) is 1. The number of primary amides is 1. The first kappa shape index (κ1) is 25.1. The Morgan fingerprint density at radius 2 is 1.63 bits per heavy atom. The fraction of sp³-hybridized carbons (Fsp3) is 0.345. The summed E-state index contributed by atoms with van der Waals surface area (Å²) >= 11 is 6.03. The highest BCUT2D eigenvalue weighted by Gasteiger charge is 2.43. The van der Waals surface area contributed by atoms with Gasteiger partial charge in [0.15, 0.2) is 0 Å². The van der Waals surface area contributed by atoms with E-state index in [9.17, 15) is 9.90 Å². The van der Waals surface area contributed by atoms with Gasteiger partial charge in [-0.1, -0.05) is 72.3 Å². The molecule has 0 bridgehead atoms. The van der Waals surface area contributed by atoms with Crippen molar-refractivity contribution in [2.24, 2.45) is 5.73 Å². The summed E-state index contributed by atoms with van der Waals surface area (Å²) in [5, 5.41) is 9.93. The highest BCUT2D eigenvalue weighted by molar-refractivity contribution is 6.32. The lowest BCUT2D eigenvalue weighted by Crippen LogP contribution is -2.47. The van der Waals surface area contributed by atoms with Gasteiger partial charge in [0.25, 0.3) is 0 Å². The van der Waals surface area contributed by atoms with Gasteiger partial charge in [-0.05, 0) is 56.4 Å². The van der Waals surface area contributed by atoms with E-state index in [4.69, 9.17) is 22.1 Å². The van der Waals surface area contributed by atoms with E-state index in [1.165, 1.54) is 0 Å². The number of hydrogen-bond donors (Lipinski definition) is 2. The van der Waals surface area contributed by atoms with Gasteiger partial charge in [-0.3, -0.25) is 9.69 Å². The lowest BCUT2D eigenvalue weighted by Gasteiger charge is -2.40. The first-order chi connectivity index (χ1) is 16.7. The predicted octanol–water partition coefficient (Wildman–Crippen LogP) is 5.53. The summed E-state index contributed by atoms with van der Waals surface area (Å²) in [6, 6.07) is 24.6. The van der Waals surface area contributed by atoms with E-state index in [0.29, 0.717) is 12.2 Å². The first-order valence-corrected chi connectivity index (χ1v) is 12.4. The van der Waals surface area contributed by atoms with Crippen LogP contribution < -0.4 is 10.5 Å². The molecule has 184 valence electrons. The highest BCUT2D eigenvalue weighted by atomic mass is 35.5. The Labute approximate surface area is 212 Å². The maximum absolute atomic E-state index is 13.1. The van der Waals surface area contributed by atoms with Gasteiger partial charge in [0, 0.05) is 24.7 Å². The zero-order valence-electron chi connectivity index (χ0n) is 20.3. The van der Waals surface area contributed by atoms with Gasteiger partial charge in [0.1, 0.15) is 17.6 Å². The number of nitrogens with two attached hydrogens (primary N) is 1. The zero-order valence-corrected chi connectivity index (χ0v) is 21.0. The highest BCUT2D eigenvalue weighted by Crippen LogP contribution is 2.40. The van der Waals surface area contributed by atoms with E-state index in [0.717, 1.165) is 37.1 Å². The second-order valence-corrected chi connectivity index (χ2v) is 10.3. The summed E-state index contributed by atoms with van der Waals surface area (Å²) in [5.74, 6) is 0.360. The minimum Gasteiger partial charge on any atom is -0.506 e. The van der Waals surface area contributed by atoms with Crippen LogP contribution in [0.3, 0.4) is 0 Å². The lowest BCUT2D eigenvalue weighted by atomic mass is 9.69. The summed E-state index contributed by atoms with van der Waals surface area (Å²) < 4.78 is 6.15. The largest absolute Gasteiger partial charge is 0.506 e. The molecule has 1 aliphatic rings. The number of halogens is 1. The molecule has 5 nitrogen and oxygen atoms in total. The third kappa shape index (κ3) is 5.31. The topological polar surface area (TPSA) is 75.8 Å². The second-order valence-electron chi connectivity index (χ2n) is 9.90. The van der Waals surface area contributed by atoms with E-state index in [1.54, 1.807) is 18.2 Å². The van der Waals surface area contributed by atoms with Crippen LogP contribution in [0.4, 0.5) is 0 Å². The molecule has 1 fully saturated rings. The molecule has 6 heteroatoms. The van der Waals surface area contributed by atoms with Crippen LogP contribution in [0.15, 0.2) is 78.9 Å². The fourth-order valence-corrected chi connectivity index (χ4v) is 5.26. The second kappa shape index (κ2) is 10.3. The third-order valence-electron chi connectivity index (χ3n) is 7.29. The van der Waals surface area contributed by atoms with Gasteiger partial charge in [-0.15, -0.1) is 0 Å². The number of phenolic OH excluding ortho intramolecular Hbond substituents is 1. The van der Waals surface area contributed by atoms with Crippen molar-refractivity contribution >= 4 is 17.5 Å². The Bertz CT molecular complexity index is 1110. The maximum Gasteiger partial charge on any atom is 0.232 e. The molecule has 0 saturated carbocycles. The van der Waals surface area contributed by atoms with Crippen LogP contribution >= 0.6 is 11.6 Å². The molecule has 1 heterocycles. The summed E-state index contributed by atoms with van der Waals surface area (Å²) in [5.41, 5.74) is 6.91. The molecule has 1 aliphatic heterocycles. The van der Waals surface area contributed by atoms with Crippen molar-refractivity contribution in [1.82, 2.24) is 4.90 Å². The molecule has 3 N–H and O–H groups in total. The monoisotopic (exact) mass is 492 g/mol. The Kier molecular flexibility index (Phi) is 7.39. The summed E-state index contributed by atoms with van der Waals surface area (Å²) in [6.07, 6.45) is 2.29. The van der Waals surface area contributed by atoms with Gasteiger partial charge >= 0.3 is 0 Å². The fourth-order valence-electron chi connectivity index (χ4n) is 5.09. The Morgan fingerprint density at radius 3 is 2.17 bits per heavy atom. The molecule has 1 amide bonds. The first-order valence-electron chi connectivity index (χ1n) is 12.0. The number of hydrogen-bond acceptors (Lipinski definition) is 4. The molecule has 0 aromatic heterocycles. The SMILES string of the molecule is CC(C)(CCC(C(N)=O)(c1ccccc1)c1ccccc1)N1CCC(Oc2ccc(O)c(Cl)c2)C1. The molecule has 3 aromatic rings. The number of carbonyl (C=O) groups excluding carboxylic acids is 1. The molecule has 0 radical (unpaired) electrons. The Balaban J connectivity index is 1.51. The molecule has 3 aromatic carbocycles. The minimum absolute atomic E-state index is 0.0269. The van der Waals surface area contributed by atoms with Crippen LogP contribution in [0, 0.1) is 0 Å². The molecule has 0 aliphatic carbocycles. The predicted molar refractivity (Wildman–Crippen MR) is 140 cm³/mol. The molecule has 1 atom stereocenters. The third-order valence-corrected chi connectivity index (χ3v) is 7.59. The van der Waals surface area contributed by atoms with Crippen molar-refractivity contribution in [2.45, 2.75) is 50.2 Å². The van der Waals surface area contributed by atoms with Crippen LogP contribution in [-0.2, 0) is 10.2 Å². The van der Waals surface area contributed by atoms with Gasteiger partial charge in [-0.2, -0.15) is 0 Å². The zero-order chi connectivity index (χ0) is 25.1. The van der Waals surface area contributed by atoms with Gasteiger partial charge in [-0.25, -0.2) is 0 Å². The summed E-state index contributed by atoms with van der Waals surface area (Å²) in [4.78, 5) is 15.5. The van der Waals surface area contributed by atoms with Crippen molar-refractivity contribution in [3.05, 3.63) is 95.0 Å². The van der Waals surface area contributed by atoms with Crippen molar-refractivity contribution in [2.75, 3.05) is 13.1 Å². The number of nitrogens with zero attached hydrogens (tertiary/aromatic N) is 1. The Morgan fingerprint density at radius 1 is 1.03 bits per heavy atom. The van der Waals surface area contributed by atoms with Crippen LogP contribution in [0.1, 0.15) is 44.2 Å². The molecule has 1 saturated heterocycles. The summed E-state index contributed by atoms with van der Waals surface area (Å²) in [6.45, 7) is 6.10. The van der Waals surface area contributed by atoms with Crippen LogP contribution in [-0.4, -0.2) is 40.6 Å². The van der Waals surface area contributed by atoms with Crippen LogP contribution in [0.2, 0.25) is 5.02 Å². The van der Waals surface area contributed by atoms with E-state index >= 15 is 0 Å². The number of aromatic hydroxyl groups is 1. The van der Waals surface area contributed by atoms with E-state index in [2.05, 4.69) is 18.7 Å². The van der Waals surface area contributed by atoms with Gasteiger partial charge in [0.05, 0.1) is 10.4 Å². The van der Waals surface area contributed by atoms with E-state index < -0.39 is 5.41 Å². The molecule has 4 rings (SSSR count). The number of benzene rings is 3. The van der Waals surface area contributed by atoms with Crippen LogP contribution in [0.25, 0.3) is 0 Å². The minimum atomic E-state index is -0.905. The average molecular weight is 493 g/mol. The van der Waals surface area contributed by atoms with Crippen LogP contribution in [0.5, 0.6) is 11.5 Å². The normalized spacial score (nSPS) is 16.8. The van der Waals surface area contributed by atoms with Crippen molar-refractivity contribution in [3.63, 3.8) is 0 Å². The van der Waals surface area contributed by atoms with Crippen molar-refractivity contribution in [3.8, 4) is 11.5 Å². The number of rotatable bonds is 9. The Hall–Kier alpha value is -3.02. The molecule has 35 heavy (non-hydrogen) atoms. The average Bonchev–Trinajstić information content (AvgIpc) is 3.33. The number of phenols is 1.